The molecule has 0 aliphatic heterocycles. The SMILES string of the molecule is COc1ccc(/C(=N/O)c2c(Cl)cccc2Cl)cc1. The molecule has 0 heterocycles. The van der Waals surface area contributed by atoms with Crippen molar-refractivity contribution in [2.75, 3.05) is 7.11 Å². The summed E-state index contributed by atoms with van der Waals surface area (Å²) in [7, 11) is 1.58. The van der Waals surface area contributed by atoms with E-state index in [1.54, 1.807) is 49.6 Å². The van der Waals surface area contributed by atoms with Crippen molar-refractivity contribution in [2.24, 2.45) is 5.16 Å². The van der Waals surface area contributed by atoms with Gasteiger partial charge in [-0.2, -0.15) is 0 Å². The van der Waals surface area contributed by atoms with E-state index in [2.05, 4.69) is 5.16 Å². The molecule has 0 aliphatic carbocycles. The van der Waals surface area contributed by atoms with Gasteiger partial charge in [-0.25, -0.2) is 0 Å². The fourth-order valence-electron chi connectivity index (χ4n) is 1.73. The molecule has 0 bridgehead atoms. The molecule has 0 unspecified atom stereocenters. The van der Waals surface area contributed by atoms with Crippen LogP contribution in [0.4, 0.5) is 0 Å². The second-order valence-corrected chi connectivity index (χ2v) is 4.59. The van der Waals surface area contributed by atoms with Gasteiger partial charge in [0.25, 0.3) is 0 Å². The van der Waals surface area contributed by atoms with E-state index in [-0.39, 0.29) is 0 Å². The van der Waals surface area contributed by atoms with Crippen molar-refractivity contribution in [3.05, 3.63) is 63.6 Å². The Balaban J connectivity index is 2.51. The molecule has 1 N–H and O–H groups in total. The first-order valence-electron chi connectivity index (χ1n) is 5.48. The van der Waals surface area contributed by atoms with Gasteiger partial charge < -0.3 is 9.94 Å². The second kappa shape index (κ2) is 5.95. The Kier molecular flexibility index (Phi) is 4.30. The molecule has 0 fully saturated rings. The zero-order valence-corrected chi connectivity index (χ0v) is 11.6. The quantitative estimate of drug-likeness (QED) is 0.523. The number of rotatable bonds is 3. The lowest BCUT2D eigenvalue weighted by Gasteiger charge is -2.09. The number of ether oxygens (including phenoxy) is 1. The normalized spacial score (nSPS) is 11.4. The molecule has 5 heteroatoms. The molecule has 0 spiro atoms. The zero-order chi connectivity index (χ0) is 13.8. The smallest absolute Gasteiger partial charge is 0.120 e. The lowest BCUT2D eigenvalue weighted by atomic mass is 10.0. The molecule has 2 aromatic rings. The van der Waals surface area contributed by atoms with E-state index in [1.807, 2.05) is 0 Å². The van der Waals surface area contributed by atoms with Crippen molar-refractivity contribution < 1.29 is 9.94 Å². The lowest BCUT2D eigenvalue weighted by molar-refractivity contribution is 0.319. The van der Waals surface area contributed by atoms with Crippen LogP contribution < -0.4 is 4.74 Å². The van der Waals surface area contributed by atoms with E-state index in [0.29, 0.717) is 32.6 Å². The van der Waals surface area contributed by atoms with Crippen LogP contribution in [0.5, 0.6) is 5.75 Å². The minimum Gasteiger partial charge on any atom is -0.497 e. The number of benzene rings is 2. The molecule has 98 valence electrons. The van der Waals surface area contributed by atoms with Gasteiger partial charge in [-0.15, -0.1) is 0 Å². The predicted octanol–water partition coefficient (Wildman–Crippen LogP) is 4.23. The number of methoxy groups -OCH3 is 1. The molecule has 0 radical (unpaired) electrons. The van der Waals surface area contributed by atoms with Gasteiger partial charge >= 0.3 is 0 Å². The first kappa shape index (κ1) is 13.7. The van der Waals surface area contributed by atoms with Crippen molar-refractivity contribution in [3.63, 3.8) is 0 Å². The molecule has 0 amide bonds. The molecular weight excluding hydrogens is 285 g/mol. The minimum absolute atomic E-state index is 0.318. The summed E-state index contributed by atoms with van der Waals surface area (Å²) in [6.45, 7) is 0. The third-order valence-corrected chi connectivity index (χ3v) is 3.29. The van der Waals surface area contributed by atoms with Crippen LogP contribution in [0.15, 0.2) is 47.6 Å². The number of hydrogen-bond donors (Lipinski definition) is 1. The molecule has 2 rings (SSSR count). The highest BCUT2D eigenvalue weighted by Gasteiger charge is 2.15. The Bertz CT molecular complexity index is 589. The molecule has 0 aliphatic rings. The predicted molar refractivity (Wildman–Crippen MR) is 76.9 cm³/mol. The maximum Gasteiger partial charge on any atom is 0.120 e. The molecule has 2 aromatic carbocycles. The zero-order valence-electron chi connectivity index (χ0n) is 10.1. The number of hydrogen-bond acceptors (Lipinski definition) is 3. The maximum atomic E-state index is 9.25. The fraction of sp³-hybridized carbons (Fsp3) is 0.0714. The summed E-state index contributed by atoms with van der Waals surface area (Å²) in [5.41, 5.74) is 1.51. The molecule has 0 saturated carbocycles. The van der Waals surface area contributed by atoms with Gasteiger partial charge in [0.1, 0.15) is 11.5 Å². The van der Waals surface area contributed by atoms with Crippen LogP contribution in [0.25, 0.3) is 0 Å². The van der Waals surface area contributed by atoms with E-state index in [4.69, 9.17) is 27.9 Å². The van der Waals surface area contributed by atoms with E-state index in [9.17, 15) is 5.21 Å². The highest BCUT2D eigenvalue weighted by atomic mass is 35.5. The largest absolute Gasteiger partial charge is 0.497 e. The van der Waals surface area contributed by atoms with Gasteiger partial charge in [-0.1, -0.05) is 34.4 Å². The Labute approximate surface area is 121 Å². The number of halogens is 2. The van der Waals surface area contributed by atoms with Gasteiger partial charge in [0.2, 0.25) is 0 Å². The first-order valence-corrected chi connectivity index (χ1v) is 6.24. The molecule has 19 heavy (non-hydrogen) atoms. The van der Waals surface area contributed by atoms with E-state index < -0.39 is 0 Å². The Morgan fingerprint density at radius 3 is 2.11 bits per heavy atom. The third kappa shape index (κ3) is 2.83. The average molecular weight is 296 g/mol. The summed E-state index contributed by atoms with van der Waals surface area (Å²) < 4.78 is 5.08. The average Bonchev–Trinajstić information content (AvgIpc) is 2.43. The van der Waals surface area contributed by atoms with Crippen LogP contribution in [0, 0.1) is 0 Å². The fourth-order valence-corrected chi connectivity index (χ4v) is 2.30. The maximum absolute atomic E-state index is 9.25. The van der Waals surface area contributed by atoms with Crippen LogP contribution in [0.2, 0.25) is 10.0 Å². The third-order valence-electron chi connectivity index (χ3n) is 2.66. The van der Waals surface area contributed by atoms with Crippen molar-refractivity contribution in [3.8, 4) is 5.75 Å². The van der Waals surface area contributed by atoms with Crippen molar-refractivity contribution in [2.45, 2.75) is 0 Å². The number of oxime groups is 1. The van der Waals surface area contributed by atoms with E-state index >= 15 is 0 Å². The summed E-state index contributed by atoms with van der Waals surface area (Å²) >= 11 is 12.2. The van der Waals surface area contributed by atoms with Crippen LogP contribution >= 0.6 is 23.2 Å². The van der Waals surface area contributed by atoms with Gasteiger partial charge in [-0.05, 0) is 36.4 Å². The van der Waals surface area contributed by atoms with E-state index in [1.165, 1.54) is 0 Å². The van der Waals surface area contributed by atoms with Crippen molar-refractivity contribution in [1.82, 2.24) is 0 Å². The van der Waals surface area contributed by atoms with Gasteiger partial charge in [0.05, 0.1) is 17.2 Å². The van der Waals surface area contributed by atoms with E-state index in [0.717, 1.165) is 0 Å². The molecular formula is C14H11Cl2NO2. The first-order chi connectivity index (χ1) is 9.17. The molecule has 3 nitrogen and oxygen atoms in total. The molecule has 0 saturated heterocycles. The Morgan fingerprint density at radius 2 is 1.63 bits per heavy atom. The van der Waals surface area contributed by atoms with Crippen LogP contribution in [-0.4, -0.2) is 18.0 Å². The Hall–Kier alpha value is -1.71. The van der Waals surface area contributed by atoms with Crippen LogP contribution in [0.3, 0.4) is 0 Å². The van der Waals surface area contributed by atoms with Gasteiger partial charge in [-0.3, -0.25) is 0 Å². The van der Waals surface area contributed by atoms with Crippen molar-refractivity contribution >= 4 is 28.9 Å². The number of nitrogens with zero attached hydrogens (tertiary/aromatic N) is 1. The topological polar surface area (TPSA) is 41.8 Å². The molecule has 0 aromatic heterocycles. The van der Waals surface area contributed by atoms with Gasteiger partial charge in [0, 0.05) is 11.1 Å². The monoisotopic (exact) mass is 295 g/mol. The standard InChI is InChI=1S/C14H11Cl2NO2/c1-19-10-7-5-9(6-8-10)14(17-18)13-11(15)3-2-4-12(13)16/h2-8,18H,1H3/b17-14-. The highest BCUT2D eigenvalue weighted by molar-refractivity contribution is 6.41. The second-order valence-electron chi connectivity index (χ2n) is 3.77. The van der Waals surface area contributed by atoms with Crippen LogP contribution in [-0.2, 0) is 0 Å². The highest BCUT2D eigenvalue weighted by Crippen LogP contribution is 2.28. The van der Waals surface area contributed by atoms with Crippen LogP contribution in [0.1, 0.15) is 11.1 Å². The summed E-state index contributed by atoms with van der Waals surface area (Å²) in [6.07, 6.45) is 0. The summed E-state index contributed by atoms with van der Waals surface area (Å²) in [6, 6.07) is 12.2. The Morgan fingerprint density at radius 1 is 1.05 bits per heavy atom. The molecule has 0 atom stereocenters. The van der Waals surface area contributed by atoms with Crippen molar-refractivity contribution in [1.29, 1.82) is 0 Å². The summed E-state index contributed by atoms with van der Waals surface area (Å²) in [5, 5.41) is 13.4. The lowest BCUT2D eigenvalue weighted by Crippen LogP contribution is -2.05. The summed E-state index contributed by atoms with van der Waals surface area (Å²) in [4.78, 5) is 0. The minimum atomic E-state index is 0.318. The summed E-state index contributed by atoms with van der Waals surface area (Å²) in [5.74, 6) is 0.714. The van der Waals surface area contributed by atoms with Gasteiger partial charge in [0.15, 0.2) is 0 Å².